The summed E-state index contributed by atoms with van der Waals surface area (Å²) in [5.41, 5.74) is 8.69. The molecular weight excluding hydrogens is 238 g/mol. The van der Waals surface area contributed by atoms with Crippen molar-refractivity contribution in [3.8, 4) is 0 Å². The van der Waals surface area contributed by atoms with Crippen molar-refractivity contribution in [1.29, 1.82) is 0 Å². The van der Waals surface area contributed by atoms with E-state index in [1.54, 1.807) is 6.07 Å². The summed E-state index contributed by atoms with van der Waals surface area (Å²) in [5, 5.41) is 2.85. The summed E-state index contributed by atoms with van der Waals surface area (Å²) in [5.74, 6) is -0.180. The largest absolute Gasteiger partial charge is 0.398 e. The molecule has 2 rings (SSSR count). The summed E-state index contributed by atoms with van der Waals surface area (Å²) in [6, 6.07) is 11.7. The lowest BCUT2D eigenvalue weighted by Crippen LogP contribution is -2.26. The predicted octanol–water partition coefficient (Wildman–Crippen LogP) is 1.94. The van der Waals surface area contributed by atoms with Crippen LogP contribution in [0, 0.1) is 6.92 Å². The highest BCUT2D eigenvalue weighted by Crippen LogP contribution is 2.11. The minimum absolute atomic E-state index is 0.180. The van der Waals surface area contributed by atoms with Crippen LogP contribution in [0.3, 0.4) is 0 Å². The zero-order valence-corrected chi connectivity index (χ0v) is 10.9. The van der Waals surface area contributed by atoms with E-state index in [0.29, 0.717) is 17.8 Å². The van der Waals surface area contributed by atoms with Crippen molar-refractivity contribution < 1.29 is 4.79 Å². The lowest BCUT2D eigenvalue weighted by molar-refractivity contribution is 0.0954. The molecule has 2 aromatic rings. The number of anilines is 1. The predicted molar refractivity (Wildman–Crippen MR) is 75.9 cm³/mol. The van der Waals surface area contributed by atoms with E-state index in [0.717, 1.165) is 12.1 Å². The number of amides is 1. The molecule has 3 N–H and O–H groups in total. The third kappa shape index (κ3) is 3.55. The van der Waals surface area contributed by atoms with Gasteiger partial charge in [-0.1, -0.05) is 30.3 Å². The maximum atomic E-state index is 11.9. The summed E-state index contributed by atoms with van der Waals surface area (Å²) in [7, 11) is 0. The highest BCUT2D eigenvalue weighted by Gasteiger charge is 2.09. The topological polar surface area (TPSA) is 68.0 Å². The van der Waals surface area contributed by atoms with Gasteiger partial charge in [-0.15, -0.1) is 0 Å². The Morgan fingerprint density at radius 3 is 2.74 bits per heavy atom. The lowest BCUT2D eigenvalue weighted by atomic mass is 10.1. The first-order chi connectivity index (χ1) is 9.16. The van der Waals surface area contributed by atoms with Crippen LogP contribution < -0.4 is 11.1 Å². The molecule has 0 saturated carbocycles. The number of pyridine rings is 1. The Kier molecular flexibility index (Phi) is 4.13. The highest BCUT2D eigenvalue weighted by atomic mass is 16.1. The normalized spacial score (nSPS) is 10.2. The Morgan fingerprint density at radius 1 is 1.32 bits per heavy atom. The van der Waals surface area contributed by atoms with Crippen molar-refractivity contribution in [3.63, 3.8) is 0 Å². The Labute approximate surface area is 112 Å². The van der Waals surface area contributed by atoms with E-state index in [1.807, 2.05) is 37.3 Å². The molecule has 0 unspecified atom stereocenters. The summed E-state index contributed by atoms with van der Waals surface area (Å²) in [4.78, 5) is 16.0. The number of aromatic nitrogens is 1. The van der Waals surface area contributed by atoms with E-state index >= 15 is 0 Å². The summed E-state index contributed by atoms with van der Waals surface area (Å²) in [6.45, 7) is 2.42. The van der Waals surface area contributed by atoms with Crippen molar-refractivity contribution in [3.05, 3.63) is 59.4 Å². The first-order valence-corrected chi connectivity index (χ1v) is 6.21. The van der Waals surface area contributed by atoms with E-state index in [4.69, 9.17) is 5.73 Å². The van der Waals surface area contributed by atoms with Crippen LogP contribution in [0.1, 0.15) is 21.6 Å². The maximum Gasteiger partial charge on any atom is 0.254 e. The Balaban J connectivity index is 1.91. The molecular formula is C15H17N3O. The fourth-order valence-electron chi connectivity index (χ4n) is 1.83. The molecule has 4 heteroatoms. The van der Waals surface area contributed by atoms with Gasteiger partial charge in [-0.25, -0.2) is 0 Å². The van der Waals surface area contributed by atoms with Gasteiger partial charge in [0.1, 0.15) is 0 Å². The zero-order chi connectivity index (χ0) is 13.7. The Hall–Kier alpha value is -2.36. The lowest BCUT2D eigenvalue weighted by Gasteiger charge is -2.07. The molecule has 0 saturated heterocycles. The second kappa shape index (κ2) is 6.00. The van der Waals surface area contributed by atoms with Gasteiger partial charge >= 0.3 is 0 Å². The Morgan fingerprint density at radius 2 is 2.05 bits per heavy atom. The highest BCUT2D eigenvalue weighted by molar-refractivity contribution is 5.98. The number of nitrogens with one attached hydrogen (secondary N) is 1. The number of rotatable bonds is 4. The molecule has 0 fully saturated rings. The number of nitrogen functional groups attached to an aromatic ring is 1. The van der Waals surface area contributed by atoms with Crippen molar-refractivity contribution in [2.45, 2.75) is 13.3 Å². The number of hydrogen-bond acceptors (Lipinski definition) is 3. The Bertz CT molecular complexity index is 567. The minimum atomic E-state index is -0.180. The molecule has 0 aliphatic rings. The smallest absolute Gasteiger partial charge is 0.254 e. The van der Waals surface area contributed by atoms with Crippen molar-refractivity contribution in [1.82, 2.24) is 10.3 Å². The van der Waals surface area contributed by atoms with Crippen LogP contribution in [0.2, 0.25) is 0 Å². The van der Waals surface area contributed by atoms with Crippen LogP contribution in [-0.2, 0) is 6.42 Å². The first kappa shape index (κ1) is 13.1. The van der Waals surface area contributed by atoms with Crippen LogP contribution >= 0.6 is 0 Å². The average molecular weight is 255 g/mol. The number of nitrogens with two attached hydrogens (primary N) is 1. The molecule has 1 aromatic heterocycles. The van der Waals surface area contributed by atoms with Gasteiger partial charge in [0.25, 0.3) is 5.91 Å². The number of benzene rings is 1. The van der Waals surface area contributed by atoms with Gasteiger partial charge in [0.2, 0.25) is 0 Å². The van der Waals surface area contributed by atoms with E-state index in [9.17, 15) is 4.79 Å². The minimum Gasteiger partial charge on any atom is -0.398 e. The molecule has 19 heavy (non-hydrogen) atoms. The van der Waals surface area contributed by atoms with E-state index in [-0.39, 0.29) is 5.91 Å². The van der Waals surface area contributed by atoms with Crippen LogP contribution in [0.25, 0.3) is 0 Å². The monoisotopic (exact) mass is 255 g/mol. The standard InChI is InChI=1S/C15H17N3O/c1-11-9-14(16)13(10-18-11)15(19)17-8-7-12-5-3-2-4-6-12/h2-6,9-10H,7-8H2,1H3,(H2,16,18)(H,17,19). The molecule has 0 spiro atoms. The summed E-state index contributed by atoms with van der Waals surface area (Å²) >= 11 is 0. The van der Waals surface area contributed by atoms with Crippen LogP contribution in [-0.4, -0.2) is 17.4 Å². The van der Waals surface area contributed by atoms with Gasteiger partial charge in [-0.3, -0.25) is 9.78 Å². The van der Waals surface area contributed by atoms with Crippen LogP contribution in [0.4, 0.5) is 5.69 Å². The molecule has 0 bridgehead atoms. The number of aryl methyl sites for hydroxylation is 1. The molecule has 4 nitrogen and oxygen atoms in total. The number of hydrogen-bond donors (Lipinski definition) is 2. The van der Waals surface area contributed by atoms with E-state index in [1.165, 1.54) is 11.8 Å². The van der Waals surface area contributed by atoms with Crippen LogP contribution in [0.5, 0.6) is 0 Å². The summed E-state index contributed by atoms with van der Waals surface area (Å²) in [6.07, 6.45) is 2.31. The SMILES string of the molecule is Cc1cc(N)c(C(=O)NCCc2ccccc2)cn1. The second-order valence-electron chi connectivity index (χ2n) is 4.40. The first-order valence-electron chi connectivity index (χ1n) is 6.21. The average Bonchev–Trinajstić information content (AvgIpc) is 2.39. The molecule has 1 heterocycles. The maximum absolute atomic E-state index is 11.9. The molecule has 0 atom stereocenters. The van der Waals surface area contributed by atoms with Crippen molar-refractivity contribution in [2.75, 3.05) is 12.3 Å². The van der Waals surface area contributed by atoms with Gasteiger partial charge in [0.15, 0.2) is 0 Å². The van der Waals surface area contributed by atoms with E-state index < -0.39 is 0 Å². The van der Waals surface area contributed by atoms with E-state index in [2.05, 4.69) is 10.3 Å². The molecule has 98 valence electrons. The number of nitrogens with zero attached hydrogens (tertiary/aromatic N) is 1. The molecule has 0 aliphatic heterocycles. The number of carbonyl (C=O) groups excluding carboxylic acids is 1. The fourth-order valence-corrected chi connectivity index (χ4v) is 1.83. The number of carbonyl (C=O) groups is 1. The third-order valence-corrected chi connectivity index (χ3v) is 2.86. The summed E-state index contributed by atoms with van der Waals surface area (Å²) < 4.78 is 0. The van der Waals surface area contributed by atoms with Crippen molar-refractivity contribution in [2.24, 2.45) is 0 Å². The van der Waals surface area contributed by atoms with Crippen LogP contribution in [0.15, 0.2) is 42.6 Å². The third-order valence-electron chi connectivity index (χ3n) is 2.86. The molecule has 0 aliphatic carbocycles. The van der Waals surface area contributed by atoms with Gasteiger partial charge in [-0.2, -0.15) is 0 Å². The van der Waals surface area contributed by atoms with Crippen molar-refractivity contribution >= 4 is 11.6 Å². The molecule has 1 aromatic carbocycles. The van der Waals surface area contributed by atoms with Gasteiger partial charge in [0.05, 0.1) is 5.56 Å². The van der Waals surface area contributed by atoms with Gasteiger partial charge in [-0.05, 0) is 25.0 Å². The van der Waals surface area contributed by atoms with Gasteiger partial charge < -0.3 is 11.1 Å². The second-order valence-corrected chi connectivity index (χ2v) is 4.40. The fraction of sp³-hybridized carbons (Fsp3) is 0.200. The zero-order valence-electron chi connectivity index (χ0n) is 10.9. The quantitative estimate of drug-likeness (QED) is 0.877. The molecule has 0 radical (unpaired) electrons. The van der Waals surface area contributed by atoms with Gasteiger partial charge in [0, 0.05) is 24.1 Å². The molecule has 1 amide bonds.